The molecule has 3 heterocycles. The first-order chi connectivity index (χ1) is 10.1. The minimum Gasteiger partial charge on any atom is -0.394 e. The largest absolute Gasteiger partial charge is 0.394 e. The van der Waals surface area contributed by atoms with Gasteiger partial charge < -0.3 is 25.4 Å². The van der Waals surface area contributed by atoms with Gasteiger partial charge in [0.15, 0.2) is 17.9 Å². The van der Waals surface area contributed by atoms with Crippen LogP contribution in [0.3, 0.4) is 0 Å². The highest BCUT2D eigenvalue weighted by Gasteiger charge is 2.45. The number of imidazole rings is 1. The van der Waals surface area contributed by atoms with Crippen LogP contribution >= 0.6 is 0 Å². The maximum absolute atomic E-state index is 10.1. The molecule has 0 bridgehead atoms. The second-order valence-electron chi connectivity index (χ2n) is 4.85. The molecule has 0 spiro atoms. The normalized spacial score (nSPS) is 32.0. The molecule has 0 aromatic carbocycles. The van der Waals surface area contributed by atoms with Crippen LogP contribution in [0.4, 0.5) is 5.82 Å². The Labute approximate surface area is 119 Å². The number of aliphatic hydroxyl groups excluding tert-OH is 3. The van der Waals surface area contributed by atoms with Crippen LogP contribution in [0.25, 0.3) is 0 Å². The van der Waals surface area contributed by atoms with Crippen LogP contribution in [0.5, 0.6) is 0 Å². The van der Waals surface area contributed by atoms with Gasteiger partial charge in [0.05, 0.1) is 12.9 Å². The van der Waals surface area contributed by atoms with Crippen LogP contribution in [0.15, 0.2) is 11.3 Å². The fourth-order valence-corrected chi connectivity index (χ4v) is 2.55. The second-order valence-corrected chi connectivity index (χ2v) is 4.85. The molecule has 1 saturated heterocycles. The summed E-state index contributed by atoms with van der Waals surface area (Å²) in [5, 5.41) is 42.7. The number of hydrogen-bond acceptors (Lipinski definition) is 9. The third-order valence-electron chi connectivity index (χ3n) is 3.63. The predicted octanol–water partition coefficient (Wildman–Crippen LogP) is -2.37. The molecule has 4 atom stereocenters. The number of aliphatic hydroxyl groups is 3. The maximum Gasteiger partial charge on any atom is 0.168 e. The van der Waals surface area contributed by atoms with Crippen LogP contribution in [0.1, 0.15) is 11.9 Å². The van der Waals surface area contributed by atoms with Gasteiger partial charge in [0.2, 0.25) is 0 Å². The number of fused-ring (bicyclic) bond motifs is 1. The van der Waals surface area contributed by atoms with Crippen LogP contribution in [0, 0.1) is 0 Å². The average Bonchev–Trinajstić information content (AvgIpc) is 3.04. The zero-order chi connectivity index (χ0) is 15.1. The number of anilines is 1. The zero-order valence-electron chi connectivity index (χ0n) is 11.3. The van der Waals surface area contributed by atoms with E-state index in [9.17, 15) is 15.4 Å². The van der Waals surface area contributed by atoms with E-state index in [0.29, 0.717) is 17.3 Å². The first-order valence-corrected chi connectivity index (χ1v) is 6.46. The highest BCUT2D eigenvalue weighted by molar-refractivity contribution is 6.02. The maximum atomic E-state index is 10.1. The highest BCUT2D eigenvalue weighted by atomic mass is 16.6. The Morgan fingerprint density at radius 3 is 2.81 bits per heavy atom. The Balaban J connectivity index is 1.98. The van der Waals surface area contributed by atoms with E-state index in [1.54, 1.807) is 7.05 Å². The van der Waals surface area contributed by atoms with Gasteiger partial charge in [-0.1, -0.05) is 0 Å². The summed E-state index contributed by atoms with van der Waals surface area (Å²) in [4.78, 5) is 8.24. The number of hydrogen-bond donors (Lipinski definition) is 5. The van der Waals surface area contributed by atoms with Crippen LogP contribution in [-0.4, -0.2) is 74.5 Å². The molecule has 1 aromatic heterocycles. The van der Waals surface area contributed by atoms with Crippen molar-refractivity contribution in [1.29, 1.82) is 0 Å². The van der Waals surface area contributed by atoms with Crippen molar-refractivity contribution in [3.8, 4) is 0 Å². The summed E-state index contributed by atoms with van der Waals surface area (Å²) in [6.45, 7) is -0.415. The molecule has 21 heavy (non-hydrogen) atoms. The Hall–Kier alpha value is -1.72. The lowest BCUT2D eigenvalue weighted by atomic mass is 10.1. The summed E-state index contributed by atoms with van der Waals surface area (Å²) >= 11 is 0. The third-order valence-corrected chi connectivity index (χ3v) is 3.63. The summed E-state index contributed by atoms with van der Waals surface area (Å²) in [5.41, 5.74) is 0.406. The lowest BCUT2D eigenvalue weighted by molar-refractivity contribution is -0.0529. The minimum absolute atomic E-state index is 0.00363. The van der Waals surface area contributed by atoms with Gasteiger partial charge in [0.1, 0.15) is 30.7 Å². The Morgan fingerprint density at radius 2 is 2.19 bits per heavy atom. The number of aromatic nitrogens is 2. The molecule has 2 aliphatic rings. The molecular formula is C11H17N5O5. The standard InChI is InChI=1S/C11H17N5O5/c1-12-9-6-10(16(20)4-14-9)15(3-13-6)11-8(19)7(18)5(2-17)21-11/h3,5,7-8,11,17-20H,2,4H2,1H3,(H,12,14)/t5-,7-,8-,11-/m1/s1. The van der Waals surface area contributed by atoms with Gasteiger partial charge in [0.25, 0.3) is 0 Å². The van der Waals surface area contributed by atoms with Gasteiger partial charge in [-0.25, -0.2) is 15.0 Å². The molecule has 0 unspecified atom stereocenters. The van der Waals surface area contributed by atoms with E-state index < -0.39 is 31.1 Å². The van der Waals surface area contributed by atoms with Crippen LogP contribution in [-0.2, 0) is 4.74 Å². The summed E-state index contributed by atoms with van der Waals surface area (Å²) in [6, 6.07) is 0. The quantitative estimate of drug-likeness (QED) is 0.409. The molecule has 0 aliphatic carbocycles. The third kappa shape index (κ3) is 2.08. The average molecular weight is 299 g/mol. The lowest BCUT2D eigenvalue weighted by Gasteiger charge is -2.26. The molecule has 0 amide bonds. The van der Waals surface area contributed by atoms with Gasteiger partial charge in [-0.05, 0) is 0 Å². The fourth-order valence-electron chi connectivity index (χ4n) is 2.55. The summed E-state index contributed by atoms with van der Waals surface area (Å²) in [6.07, 6.45) is -2.93. The molecule has 0 radical (unpaired) electrons. The van der Waals surface area contributed by atoms with Gasteiger partial charge in [0, 0.05) is 7.05 Å². The van der Waals surface area contributed by atoms with E-state index in [0.717, 1.165) is 5.06 Å². The minimum atomic E-state index is -1.24. The van der Waals surface area contributed by atoms with Crippen molar-refractivity contribution in [2.24, 2.45) is 4.99 Å². The van der Waals surface area contributed by atoms with Gasteiger partial charge >= 0.3 is 0 Å². The van der Waals surface area contributed by atoms with E-state index in [-0.39, 0.29) is 6.67 Å². The lowest BCUT2D eigenvalue weighted by Crippen LogP contribution is -2.36. The number of nitrogens with one attached hydrogen (secondary N) is 1. The Bertz CT molecular complexity index is 561. The number of aliphatic imine (C=N–C) groups is 1. The molecule has 10 heteroatoms. The smallest absolute Gasteiger partial charge is 0.168 e. The molecule has 10 nitrogen and oxygen atoms in total. The Kier molecular flexibility index (Phi) is 3.55. The van der Waals surface area contributed by atoms with Crippen molar-refractivity contribution >= 4 is 11.7 Å². The summed E-state index contributed by atoms with van der Waals surface area (Å²) < 4.78 is 6.85. The number of nitrogens with zero attached hydrogens (tertiary/aromatic N) is 4. The van der Waals surface area contributed by atoms with Crippen molar-refractivity contribution in [3.05, 3.63) is 12.0 Å². The van der Waals surface area contributed by atoms with Crippen molar-refractivity contribution in [2.45, 2.75) is 24.5 Å². The zero-order valence-corrected chi connectivity index (χ0v) is 11.3. The summed E-state index contributed by atoms with van der Waals surface area (Å²) in [5.74, 6) is 0.796. The molecule has 1 fully saturated rings. The van der Waals surface area contributed by atoms with Gasteiger partial charge in [-0.3, -0.25) is 9.77 Å². The monoisotopic (exact) mass is 299 g/mol. The highest BCUT2D eigenvalue weighted by Crippen LogP contribution is 2.34. The van der Waals surface area contributed by atoms with E-state index in [2.05, 4.69) is 15.3 Å². The van der Waals surface area contributed by atoms with Gasteiger partial charge in [-0.15, -0.1) is 0 Å². The van der Waals surface area contributed by atoms with Crippen molar-refractivity contribution in [2.75, 3.05) is 25.4 Å². The fraction of sp³-hybridized carbons (Fsp3) is 0.636. The van der Waals surface area contributed by atoms with E-state index in [1.807, 2.05) is 0 Å². The number of amidine groups is 1. The van der Waals surface area contributed by atoms with Crippen LogP contribution < -0.4 is 10.4 Å². The topological polar surface area (TPSA) is 136 Å². The molecule has 3 rings (SSSR count). The number of rotatable bonds is 2. The van der Waals surface area contributed by atoms with Crippen molar-refractivity contribution in [3.63, 3.8) is 0 Å². The molecule has 0 saturated carbocycles. The second kappa shape index (κ2) is 5.24. The van der Waals surface area contributed by atoms with E-state index in [1.165, 1.54) is 10.9 Å². The van der Waals surface area contributed by atoms with Crippen molar-refractivity contribution < 1.29 is 25.3 Å². The molecule has 116 valence electrons. The number of hydroxylamine groups is 1. The first-order valence-electron chi connectivity index (χ1n) is 6.46. The van der Waals surface area contributed by atoms with Gasteiger partial charge in [-0.2, -0.15) is 0 Å². The number of ether oxygens (including phenoxy) is 1. The SMILES string of the molecule is CNC1=NCN(O)c2c1ncn2[C@@H]1O[C@H](CO)[C@@H](O)[C@H]1O. The van der Waals surface area contributed by atoms with Crippen LogP contribution in [0.2, 0.25) is 0 Å². The summed E-state index contributed by atoms with van der Waals surface area (Å²) in [7, 11) is 1.68. The molecular weight excluding hydrogens is 282 g/mol. The molecule has 1 aromatic rings. The van der Waals surface area contributed by atoms with E-state index in [4.69, 9.17) is 9.84 Å². The van der Waals surface area contributed by atoms with E-state index >= 15 is 0 Å². The Morgan fingerprint density at radius 1 is 1.43 bits per heavy atom. The first kappa shape index (κ1) is 14.2. The predicted molar refractivity (Wildman–Crippen MR) is 70.0 cm³/mol. The van der Waals surface area contributed by atoms with Crippen molar-refractivity contribution in [1.82, 2.24) is 14.9 Å². The molecule has 2 aliphatic heterocycles. The molecule has 5 N–H and O–H groups in total.